The summed E-state index contributed by atoms with van der Waals surface area (Å²) >= 11 is 5.65. The SMILES string of the molecule is O=C(Nc1ccc(Cl)cc1C(F)(F)F)NC1(c2ccccc2)CCC1. The number of urea groups is 1. The topological polar surface area (TPSA) is 41.1 Å². The smallest absolute Gasteiger partial charge is 0.328 e. The molecule has 0 unspecified atom stereocenters. The van der Waals surface area contributed by atoms with E-state index in [1.807, 2.05) is 30.3 Å². The molecule has 0 spiro atoms. The summed E-state index contributed by atoms with van der Waals surface area (Å²) in [5, 5.41) is 5.10. The molecule has 0 radical (unpaired) electrons. The number of anilines is 1. The molecule has 132 valence electrons. The Morgan fingerprint density at radius 2 is 1.76 bits per heavy atom. The van der Waals surface area contributed by atoms with E-state index < -0.39 is 23.3 Å². The summed E-state index contributed by atoms with van der Waals surface area (Å²) in [4.78, 5) is 12.3. The molecule has 1 fully saturated rings. The van der Waals surface area contributed by atoms with Gasteiger partial charge in [-0.15, -0.1) is 0 Å². The number of hydrogen-bond acceptors (Lipinski definition) is 1. The molecule has 1 aliphatic rings. The second kappa shape index (κ2) is 6.59. The largest absolute Gasteiger partial charge is 0.418 e. The maximum absolute atomic E-state index is 13.1. The minimum absolute atomic E-state index is 0.0435. The Kier molecular flexibility index (Phi) is 4.64. The van der Waals surface area contributed by atoms with Gasteiger partial charge < -0.3 is 10.6 Å². The number of alkyl halides is 3. The molecule has 2 aromatic carbocycles. The molecule has 2 amide bonds. The number of halogens is 4. The molecule has 0 heterocycles. The van der Waals surface area contributed by atoms with Crippen molar-refractivity contribution in [3.8, 4) is 0 Å². The first kappa shape index (κ1) is 17.6. The van der Waals surface area contributed by atoms with Crippen LogP contribution >= 0.6 is 11.6 Å². The Morgan fingerprint density at radius 1 is 1.08 bits per heavy atom. The van der Waals surface area contributed by atoms with Gasteiger partial charge in [0.15, 0.2) is 0 Å². The van der Waals surface area contributed by atoms with Gasteiger partial charge in [0, 0.05) is 5.02 Å². The summed E-state index contributed by atoms with van der Waals surface area (Å²) < 4.78 is 39.4. The summed E-state index contributed by atoms with van der Waals surface area (Å²) in [5.41, 5.74) is -0.881. The lowest BCUT2D eigenvalue weighted by Crippen LogP contribution is -2.52. The van der Waals surface area contributed by atoms with Crippen LogP contribution in [0.1, 0.15) is 30.4 Å². The van der Waals surface area contributed by atoms with Gasteiger partial charge in [-0.05, 0) is 43.0 Å². The van der Waals surface area contributed by atoms with Crippen molar-refractivity contribution < 1.29 is 18.0 Å². The van der Waals surface area contributed by atoms with E-state index in [2.05, 4.69) is 10.6 Å². The van der Waals surface area contributed by atoms with Gasteiger partial charge in [0.05, 0.1) is 16.8 Å². The predicted molar refractivity (Wildman–Crippen MR) is 90.6 cm³/mol. The zero-order valence-corrected chi connectivity index (χ0v) is 13.9. The van der Waals surface area contributed by atoms with Gasteiger partial charge in [-0.25, -0.2) is 4.79 Å². The first-order valence-corrected chi connectivity index (χ1v) is 8.19. The zero-order chi connectivity index (χ0) is 18.1. The highest BCUT2D eigenvalue weighted by atomic mass is 35.5. The van der Waals surface area contributed by atoms with Gasteiger partial charge >= 0.3 is 12.2 Å². The summed E-state index contributed by atoms with van der Waals surface area (Å²) in [6.45, 7) is 0. The second-order valence-corrected chi connectivity index (χ2v) is 6.50. The van der Waals surface area contributed by atoms with Crippen molar-refractivity contribution in [2.24, 2.45) is 0 Å². The minimum atomic E-state index is -4.61. The van der Waals surface area contributed by atoms with Crippen LogP contribution in [0.25, 0.3) is 0 Å². The third-order valence-corrected chi connectivity index (χ3v) is 4.66. The lowest BCUT2D eigenvalue weighted by Gasteiger charge is -2.43. The zero-order valence-electron chi connectivity index (χ0n) is 13.2. The van der Waals surface area contributed by atoms with Crippen molar-refractivity contribution in [3.63, 3.8) is 0 Å². The highest BCUT2D eigenvalue weighted by Gasteiger charge is 2.40. The van der Waals surface area contributed by atoms with Crippen LogP contribution in [0.4, 0.5) is 23.7 Å². The number of carbonyl (C=O) groups excluding carboxylic acids is 1. The number of amides is 2. The maximum Gasteiger partial charge on any atom is 0.418 e. The summed E-state index contributed by atoms with van der Waals surface area (Å²) in [5.74, 6) is 0. The molecular weight excluding hydrogens is 353 g/mol. The molecule has 0 atom stereocenters. The number of hydrogen-bond donors (Lipinski definition) is 2. The summed E-state index contributed by atoms with van der Waals surface area (Å²) in [7, 11) is 0. The van der Waals surface area contributed by atoms with Crippen molar-refractivity contribution >= 4 is 23.3 Å². The van der Waals surface area contributed by atoms with E-state index >= 15 is 0 Å². The van der Waals surface area contributed by atoms with Crippen LogP contribution in [-0.4, -0.2) is 6.03 Å². The van der Waals surface area contributed by atoms with Crippen LogP contribution in [-0.2, 0) is 11.7 Å². The first-order valence-electron chi connectivity index (χ1n) is 7.82. The van der Waals surface area contributed by atoms with E-state index in [4.69, 9.17) is 11.6 Å². The van der Waals surface area contributed by atoms with Gasteiger partial charge in [-0.1, -0.05) is 41.9 Å². The molecule has 7 heteroatoms. The molecular formula is C18H16ClF3N2O. The summed E-state index contributed by atoms with van der Waals surface area (Å²) in [6, 6.07) is 12.0. The molecule has 0 bridgehead atoms. The Balaban J connectivity index is 1.80. The summed E-state index contributed by atoms with van der Waals surface area (Å²) in [6.07, 6.45) is -2.17. The Morgan fingerprint density at radius 3 is 2.32 bits per heavy atom. The fourth-order valence-electron chi connectivity index (χ4n) is 3.00. The van der Waals surface area contributed by atoms with E-state index in [1.54, 1.807) is 0 Å². The van der Waals surface area contributed by atoms with E-state index in [0.29, 0.717) is 0 Å². The molecule has 2 aromatic rings. The van der Waals surface area contributed by atoms with Crippen molar-refractivity contribution in [1.29, 1.82) is 0 Å². The molecule has 0 aliphatic heterocycles. The van der Waals surface area contributed by atoms with Crippen LogP contribution in [0.15, 0.2) is 48.5 Å². The average molecular weight is 369 g/mol. The second-order valence-electron chi connectivity index (χ2n) is 6.07. The molecule has 3 nitrogen and oxygen atoms in total. The van der Waals surface area contributed by atoms with Gasteiger partial charge in [0.25, 0.3) is 0 Å². The van der Waals surface area contributed by atoms with Crippen LogP contribution in [0.3, 0.4) is 0 Å². The van der Waals surface area contributed by atoms with Crippen molar-refractivity contribution in [2.75, 3.05) is 5.32 Å². The fraction of sp³-hybridized carbons (Fsp3) is 0.278. The van der Waals surface area contributed by atoms with Gasteiger partial charge in [0.1, 0.15) is 0 Å². The van der Waals surface area contributed by atoms with Crippen molar-refractivity contribution in [3.05, 3.63) is 64.7 Å². The number of nitrogens with one attached hydrogen (secondary N) is 2. The third kappa shape index (κ3) is 3.74. The molecule has 25 heavy (non-hydrogen) atoms. The highest BCUT2D eigenvalue weighted by molar-refractivity contribution is 6.30. The van der Waals surface area contributed by atoms with Crippen LogP contribution in [0.5, 0.6) is 0 Å². The molecule has 1 saturated carbocycles. The van der Waals surface area contributed by atoms with E-state index in [-0.39, 0.29) is 10.7 Å². The first-order chi connectivity index (χ1) is 11.8. The van der Waals surface area contributed by atoms with Gasteiger partial charge in [-0.2, -0.15) is 13.2 Å². The number of carbonyl (C=O) groups is 1. The quantitative estimate of drug-likeness (QED) is 0.731. The highest BCUT2D eigenvalue weighted by Crippen LogP contribution is 2.41. The van der Waals surface area contributed by atoms with Crippen LogP contribution in [0.2, 0.25) is 5.02 Å². The predicted octanol–water partition coefficient (Wildman–Crippen LogP) is 5.56. The standard InChI is InChI=1S/C18H16ClF3N2O/c19-13-7-8-15(14(11-13)18(20,21)22)23-16(25)24-17(9-4-10-17)12-5-2-1-3-6-12/h1-3,5-8,11H,4,9-10H2,(H2,23,24,25). The Bertz CT molecular complexity index is 774. The van der Waals surface area contributed by atoms with Crippen LogP contribution < -0.4 is 10.6 Å². The van der Waals surface area contributed by atoms with Crippen molar-refractivity contribution in [2.45, 2.75) is 31.0 Å². The number of benzene rings is 2. The average Bonchev–Trinajstić information content (AvgIpc) is 2.52. The normalized spacial score (nSPS) is 16.0. The molecule has 0 saturated heterocycles. The van der Waals surface area contributed by atoms with E-state index in [0.717, 1.165) is 37.0 Å². The molecule has 0 aromatic heterocycles. The third-order valence-electron chi connectivity index (χ3n) is 4.42. The molecule has 1 aliphatic carbocycles. The Labute approximate surface area is 148 Å². The maximum atomic E-state index is 13.1. The number of rotatable bonds is 3. The lowest BCUT2D eigenvalue weighted by atomic mass is 9.72. The monoisotopic (exact) mass is 368 g/mol. The molecule has 3 rings (SSSR count). The lowest BCUT2D eigenvalue weighted by molar-refractivity contribution is -0.136. The fourth-order valence-corrected chi connectivity index (χ4v) is 3.18. The van der Waals surface area contributed by atoms with E-state index in [1.165, 1.54) is 6.07 Å². The van der Waals surface area contributed by atoms with Gasteiger partial charge in [-0.3, -0.25) is 0 Å². The minimum Gasteiger partial charge on any atom is -0.328 e. The Hall–Kier alpha value is -2.21. The van der Waals surface area contributed by atoms with Crippen molar-refractivity contribution in [1.82, 2.24) is 5.32 Å². The van der Waals surface area contributed by atoms with Gasteiger partial charge in [0.2, 0.25) is 0 Å². The van der Waals surface area contributed by atoms with E-state index in [9.17, 15) is 18.0 Å². The van der Waals surface area contributed by atoms with Crippen LogP contribution in [0, 0.1) is 0 Å². The molecule has 2 N–H and O–H groups in total.